The summed E-state index contributed by atoms with van der Waals surface area (Å²) in [6.07, 6.45) is 8.90. The van der Waals surface area contributed by atoms with Crippen LogP contribution in [0.15, 0.2) is 211 Å². The number of benzene rings is 6. The minimum Gasteiger partial charge on any atom is -0.310 e. The van der Waals surface area contributed by atoms with Gasteiger partial charge in [-0.3, -0.25) is 24.8 Å². The van der Waals surface area contributed by atoms with Gasteiger partial charge in [-0.2, -0.15) is 0 Å². The molecule has 3 aromatic heterocycles. The predicted octanol–water partition coefficient (Wildman–Crippen LogP) is 14.1. The minimum atomic E-state index is -0.223. The highest BCUT2D eigenvalue weighted by atomic mass is 32.2. The summed E-state index contributed by atoms with van der Waals surface area (Å²) in [5.41, 5.74) is 13.6. The van der Waals surface area contributed by atoms with E-state index < -0.39 is 0 Å². The zero-order chi connectivity index (χ0) is 40.9. The molecule has 0 spiro atoms. The number of rotatable bonds is 7. The normalized spacial score (nSPS) is 13.4. The van der Waals surface area contributed by atoms with Gasteiger partial charge in [-0.05, 0) is 95.1 Å². The molecule has 0 bridgehead atoms. The molecule has 0 atom stereocenters. The zero-order valence-corrected chi connectivity index (χ0v) is 34.4. The molecule has 0 aliphatic carbocycles. The first-order valence-electron chi connectivity index (χ1n) is 20.4. The van der Waals surface area contributed by atoms with E-state index in [1.165, 1.54) is 20.9 Å². The van der Waals surface area contributed by atoms with Crippen LogP contribution in [0.3, 0.4) is 0 Å². The Hall–Kier alpha value is -7.55. The van der Waals surface area contributed by atoms with Gasteiger partial charge in [0.15, 0.2) is 0 Å². The number of fused-ring (bicyclic) bond motifs is 4. The molecule has 292 valence electrons. The Bertz CT molecular complexity index is 2870. The third-order valence-corrected chi connectivity index (χ3v) is 12.8. The van der Waals surface area contributed by atoms with E-state index in [9.17, 15) is 0 Å². The maximum atomic E-state index is 5.70. The SMILES string of the molecule is CC1(C)c2ccccc2N(c2cc(N(c3ccc(-c4ccncc4)cc3)c3ccc(-c4cnccn4)cc3)cc(N3c4ccccc4Sc4ccccc43)n2)c2ccccc21. The smallest absolute Gasteiger partial charge is 0.142 e. The Kier molecular flexibility index (Phi) is 8.94. The standard InChI is InChI=1S/C53H39N7S/c1-53(2)42-11-3-5-13-45(42)59(46-14-6-4-12-43(46)53)51-33-41(34-52(57-51)60-47-15-7-9-17-49(47)61-50-18-10-8-16-48(50)60)58(39-23-19-36(20-24-39)37-27-29-54-30-28-37)40-25-21-38(22-26-40)44-35-55-31-32-56-44/h3-35H,1-2H3. The van der Waals surface area contributed by atoms with E-state index in [1.54, 1.807) is 30.4 Å². The van der Waals surface area contributed by atoms with Crippen molar-refractivity contribution in [3.63, 3.8) is 0 Å². The first-order valence-corrected chi connectivity index (χ1v) is 21.2. The van der Waals surface area contributed by atoms with Crippen molar-refractivity contribution < 1.29 is 0 Å². The second-order valence-corrected chi connectivity index (χ2v) is 16.7. The highest BCUT2D eigenvalue weighted by molar-refractivity contribution is 7.99. The van der Waals surface area contributed by atoms with Crippen molar-refractivity contribution in [2.45, 2.75) is 29.1 Å². The van der Waals surface area contributed by atoms with E-state index in [4.69, 9.17) is 4.98 Å². The number of aromatic nitrogens is 4. The molecule has 0 radical (unpaired) electrons. The summed E-state index contributed by atoms with van der Waals surface area (Å²) in [6.45, 7) is 4.64. The number of pyridine rings is 2. The van der Waals surface area contributed by atoms with Crippen LogP contribution in [0.2, 0.25) is 0 Å². The summed E-state index contributed by atoms with van der Waals surface area (Å²) < 4.78 is 0. The molecule has 8 heteroatoms. The van der Waals surface area contributed by atoms with Crippen LogP contribution in [0.4, 0.5) is 51.4 Å². The van der Waals surface area contributed by atoms with Gasteiger partial charge < -0.3 is 4.90 Å². The molecular weight excluding hydrogens is 767 g/mol. The van der Waals surface area contributed by atoms with Crippen LogP contribution in [0.1, 0.15) is 25.0 Å². The average Bonchev–Trinajstić information content (AvgIpc) is 3.32. The van der Waals surface area contributed by atoms with Crippen LogP contribution in [0.25, 0.3) is 22.4 Å². The van der Waals surface area contributed by atoms with E-state index in [0.717, 1.165) is 73.8 Å². The summed E-state index contributed by atoms with van der Waals surface area (Å²) in [4.78, 5) is 28.2. The van der Waals surface area contributed by atoms with Gasteiger partial charge in [-0.15, -0.1) is 0 Å². The van der Waals surface area contributed by atoms with Crippen molar-refractivity contribution in [3.05, 3.63) is 212 Å². The fourth-order valence-corrected chi connectivity index (χ4v) is 9.80. The number of hydrogen-bond acceptors (Lipinski definition) is 8. The summed E-state index contributed by atoms with van der Waals surface area (Å²) >= 11 is 1.79. The number of hydrogen-bond donors (Lipinski definition) is 0. The van der Waals surface area contributed by atoms with Gasteiger partial charge in [0.25, 0.3) is 0 Å². The van der Waals surface area contributed by atoms with Crippen LogP contribution < -0.4 is 14.7 Å². The molecule has 61 heavy (non-hydrogen) atoms. The Morgan fingerprint density at radius 3 is 1.51 bits per heavy atom. The molecule has 11 rings (SSSR count). The minimum absolute atomic E-state index is 0.223. The van der Waals surface area contributed by atoms with E-state index in [0.29, 0.717) is 0 Å². The molecule has 2 aliphatic rings. The quantitative estimate of drug-likeness (QED) is 0.158. The van der Waals surface area contributed by atoms with Crippen molar-refractivity contribution >= 4 is 63.2 Å². The van der Waals surface area contributed by atoms with Crippen LogP contribution in [0.5, 0.6) is 0 Å². The third-order valence-electron chi connectivity index (χ3n) is 11.7. The van der Waals surface area contributed by atoms with Gasteiger partial charge in [0.1, 0.15) is 11.6 Å². The second-order valence-electron chi connectivity index (χ2n) is 15.7. The van der Waals surface area contributed by atoms with Gasteiger partial charge in [0.2, 0.25) is 0 Å². The lowest BCUT2D eigenvalue weighted by molar-refractivity contribution is 0.631. The van der Waals surface area contributed by atoms with Gasteiger partial charge >= 0.3 is 0 Å². The first kappa shape index (κ1) is 36.5. The molecular formula is C53H39N7S. The predicted molar refractivity (Wildman–Crippen MR) is 249 cm³/mol. The van der Waals surface area contributed by atoms with E-state index in [1.807, 2.05) is 24.5 Å². The topological polar surface area (TPSA) is 61.3 Å². The van der Waals surface area contributed by atoms with Crippen molar-refractivity contribution in [1.29, 1.82) is 0 Å². The summed E-state index contributed by atoms with van der Waals surface area (Å²) in [7, 11) is 0. The van der Waals surface area contributed by atoms with Gasteiger partial charge in [0, 0.05) is 69.1 Å². The fraction of sp³-hybridized carbons (Fsp3) is 0.0566. The molecule has 5 heterocycles. The average molecular weight is 806 g/mol. The lowest BCUT2D eigenvalue weighted by Crippen LogP contribution is -2.31. The van der Waals surface area contributed by atoms with Crippen LogP contribution in [0, 0.1) is 0 Å². The lowest BCUT2D eigenvalue weighted by Gasteiger charge is -2.42. The summed E-state index contributed by atoms with van der Waals surface area (Å²) in [5.74, 6) is 1.62. The zero-order valence-electron chi connectivity index (χ0n) is 33.6. The maximum absolute atomic E-state index is 5.70. The maximum Gasteiger partial charge on any atom is 0.142 e. The molecule has 6 aromatic carbocycles. The van der Waals surface area contributed by atoms with Crippen molar-refractivity contribution in [1.82, 2.24) is 19.9 Å². The van der Waals surface area contributed by atoms with Crippen LogP contribution >= 0.6 is 11.8 Å². The Morgan fingerprint density at radius 1 is 0.459 bits per heavy atom. The monoisotopic (exact) mass is 805 g/mol. The second kappa shape index (κ2) is 14.9. The van der Waals surface area contributed by atoms with Gasteiger partial charge in [-0.1, -0.05) is 111 Å². The molecule has 7 nitrogen and oxygen atoms in total. The fourth-order valence-electron chi connectivity index (χ4n) is 8.74. The molecule has 0 amide bonds. The highest BCUT2D eigenvalue weighted by Gasteiger charge is 2.38. The largest absolute Gasteiger partial charge is 0.310 e. The van der Waals surface area contributed by atoms with E-state index in [-0.39, 0.29) is 5.41 Å². The highest BCUT2D eigenvalue weighted by Crippen LogP contribution is 2.55. The summed E-state index contributed by atoms with van der Waals surface area (Å²) in [6, 6.07) is 60.6. The number of nitrogens with zero attached hydrogens (tertiary/aromatic N) is 7. The van der Waals surface area contributed by atoms with Gasteiger partial charge in [0.05, 0.1) is 40.3 Å². The van der Waals surface area contributed by atoms with Crippen molar-refractivity contribution in [3.8, 4) is 22.4 Å². The molecule has 0 saturated heterocycles. The van der Waals surface area contributed by atoms with Gasteiger partial charge in [-0.25, -0.2) is 4.98 Å². The first-order chi connectivity index (χ1) is 30.0. The molecule has 0 N–H and O–H groups in total. The summed E-state index contributed by atoms with van der Waals surface area (Å²) in [5, 5.41) is 0. The molecule has 0 fully saturated rings. The van der Waals surface area contributed by atoms with E-state index in [2.05, 4.69) is 201 Å². The lowest BCUT2D eigenvalue weighted by atomic mass is 9.73. The van der Waals surface area contributed by atoms with Crippen molar-refractivity contribution in [2.75, 3.05) is 14.7 Å². The van der Waals surface area contributed by atoms with Crippen LogP contribution in [-0.2, 0) is 5.41 Å². The molecule has 0 unspecified atom stereocenters. The van der Waals surface area contributed by atoms with E-state index >= 15 is 0 Å². The molecule has 2 aliphatic heterocycles. The Labute approximate surface area is 359 Å². The Balaban J connectivity index is 1.17. The number of para-hydroxylation sites is 4. The molecule has 9 aromatic rings. The third kappa shape index (κ3) is 6.40. The number of anilines is 9. The van der Waals surface area contributed by atoms with Crippen LogP contribution in [-0.4, -0.2) is 19.9 Å². The van der Waals surface area contributed by atoms with Crippen molar-refractivity contribution in [2.24, 2.45) is 0 Å². The Morgan fingerprint density at radius 2 is 0.951 bits per heavy atom. The molecule has 0 saturated carbocycles.